The van der Waals surface area contributed by atoms with Gasteiger partial charge in [-0.1, -0.05) is 85.8 Å². The summed E-state index contributed by atoms with van der Waals surface area (Å²) in [4.78, 5) is 12.5. The van der Waals surface area contributed by atoms with E-state index in [2.05, 4.69) is 54.5 Å². The minimum Gasteiger partial charge on any atom is -0.462 e. The Bertz CT molecular complexity index is 780. The van der Waals surface area contributed by atoms with Gasteiger partial charge in [-0.05, 0) is 104 Å². The van der Waals surface area contributed by atoms with Gasteiger partial charge in [-0.2, -0.15) is 0 Å². The third-order valence-corrected chi connectivity index (χ3v) is 11.7. The van der Waals surface area contributed by atoms with Gasteiger partial charge in [-0.3, -0.25) is 4.79 Å². The van der Waals surface area contributed by atoms with Crippen molar-refractivity contribution in [1.29, 1.82) is 0 Å². The normalized spacial score (nSPS) is 38.8. The Morgan fingerprint density at radius 1 is 0.917 bits per heavy atom. The molecule has 0 spiro atoms. The lowest BCUT2D eigenvalue weighted by Gasteiger charge is -2.58. The minimum atomic E-state index is 0.0338. The van der Waals surface area contributed by atoms with Crippen molar-refractivity contribution in [3.8, 4) is 0 Å². The quantitative estimate of drug-likeness (QED) is 0.221. The molecule has 3 fully saturated rings. The molecule has 0 unspecified atom stereocenters. The summed E-state index contributed by atoms with van der Waals surface area (Å²) in [7, 11) is 0. The van der Waals surface area contributed by atoms with Crippen molar-refractivity contribution in [1.82, 2.24) is 0 Å². The van der Waals surface area contributed by atoms with Gasteiger partial charge in [0, 0.05) is 12.8 Å². The van der Waals surface area contributed by atoms with Crippen LogP contribution >= 0.6 is 0 Å². The minimum absolute atomic E-state index is 0.0338. The summed E-state index contributed by atoms with van der Waals surface area (Å²) in [6, 6.07) is 0. The van der Waals surface area contributed by atoms with E-state index in [0.717, 1.165) is 61.2 Å². The van der Waals surface area contributed by atoms with Gasteiger partial charge < -0.3 is 4.74 Å². The van der Waals surface area contributed by atoms with Crippen molar-refractivity contribution in [3.63, 3.8) is 0 Å². The highest BCUT2D eigenvalue weighted by Crippen LogP contribution is 2.67. The average Bonchev–Trinajstić information content (AvgIpc) is 3.16. The van der Waals surface area contributed by atoms with Crippen LogP contribution in [0.3, 0.4) is 0 Å². The molecule has 0 bridgehead atoms. The van der Waals surface area contributed by atoms with E-state index in [-0.39, 0.29) is 12.1 Å². The van der Waals surface area contributed by atoms with Gasteiger partial charge >= 0.3 is 5.97 Å². The molecule has 0 saturated heterocycles. The summed E-state index contributed by atoms with van der Waals surface area (Å²) in [6.07, 6.45) is 20.0. The zero-order chi connectivity index (χ0) is 26.1. The Balaban J connectivity index is 1.37. The number of rotatable bonds is 10. The van der Waals surface area contributed by atoms with Gasteiger partial charge in [0.2, 0.25) is 0 Å². The van der Waals surface area contributed by atoms with Crippen LogP contribution in [0.1, 0.15) is 138 Å². The van der Waals surface area contributed by atoms with Crippen molar-refractivity contribution in [3.05, 3.63) is 11.6 Å². The van der Waals surface area contributed by atoms with Crippen molar-refractivity contribution in [2.24, 2.45) is 52.3 Å². The molecule has 8 atom stereocenters. The summed E-state index contributed by atoms with van der Waals surface area (Å²) in [5, 5.41) is 0. The second-order valence-electron chi connectivity index (χ2n) is 14.9. The smallest absolute Gasteiger partial charge is 0.306 e. The van der Waals surface area contributed by atoms with E-state index >= 15 is 0 Å². The molecule has 4 aliphatic rings. The highest BCUT2D eigenvalue weighted by atomic mass is 16.5. The molecule has 0 N–H and O–H groups in total. The number of hydrogen-bond donors (Lipinski definition) is 0. The standard InChI is InChI=1S/C34H58O2/c1-23(2)10-8-12-25(5)29-16-17-30-28-15-14-26-22-27(36-32(35)13-9-11-24(3)4)18-20-33(26,6)31(28)19-21-34(29,30)7/h14,23-25,27-31H,8-13,15-22H2,1-7H3/t25-,27+,28+,29-,30+,31+,33+,34-/m1/s1. The van der Waals surface area contributed by atoms with Crippen molar-refractivity contribution in [2.75, 3.05) is 0 Å². The van der Waals surface area contributed by atoms with Gasteiger partial charge in [-0.15, -0.1) is 0 Å². The predicted molar refractivity (Wildman–Crippen MR) is 152 cm³/mol. The third-order valence-electron chi connectivity index (χ3n) is 11.7. The van der Waals surface area contributed by atoms with Crippen molar-refractivity contribution < 1.29 is 9.53 Å². The Kier molecular flexibility index (Phi) is 9.04. The van der Waals surface area contributed by atoms with Crippen LogP contribution in [0.4, 0.5) is 0 Å². The van der Waals surface area contributed by atoms with E-state index in [1.807, 2.05) is 0 Å². The summed E-state index contributed by atoms with van der Waals surface area (Å²) in [5.74, 6) is 5.98. The molecule has 0 aliphatic heterocycles. The zero-order valence-corrected chi connectivity index (χ0v) is 24.9. The monoisotopic (exact) mass is 498 g/mol. The van der Waals surface area contributed by atoms with Gasteiger partial charge in [0.1, 0.15) is 6.10 Å². The molecular weight excluding hydrogens is 440 g/mol. The SMILES string of the molecule is CC(C)CCCC(=O)O[C@H]1CC[C@@]2(C)C(=CC[C@H]3[C@@H]4CC[C@H]([C@H](C)CCCC(C)C)[C@@]4(C)CC[C@@H]32)C1. The first-order valence-corrected chi connectivity index (χ1v) is 15.9. The van der Waals surface area contributed by atoms with E-state index in [0.29, 0.717) is 23.2 Å². The van der Waals surface area contributed by atoms with E-state index < -0.39 is 0 Å². The number of ether oxygens (including phenoxy) is 1. The molecule has 0 radical (unpaired) electrons. The fourth-order valence-corrected chi connectivity index (χ4v) is 9.65. The number of fused-ring (bicyclic) bond motifs is 5. The van der Waals surface area contributed by atoms with Crippen LogP contribution < -0.4 is 0 Å². The molecule has 0 aromatic carbocycles. The van der Waals surface area contributed by atoms with E-state index in [1.54, 1.807) is 5.57 Å². The number of carbonyl (C=O) groups excluding carboxylic acids is 1. The van der Waals surface area contributed by atoms with Crippen LogP contribution in [0.5, 0.6) is 0 Å². The Labute approximate surface area is 223 Å². The molecule has 206 valence electrons. The molecular formula is C34H58O2. The number of hydrogen-bond acceptors (Lipinski definition) is 2. The molecule has 2 nitrogen and oxygen atoms in total. The van der Waals surface area contributed by atoms with Crippen LogP contribution in [0.15, 0.2) is 11.6 Å². The van der Waals surface area contributed by atoms with Crippen molar-refractivity contribution >= 4 is 5.97 Å². The summed E-state index contributed by atoms with van der Waals surface area (Å²) in [6.45, 7) is 17.1. The predicted octanol–water partition coefficient (Wildman–Crippen LogP) is 9.77. The maximum atomic E-state index is 12.5. The molecule has 0 aromatic heterocycles. The molecule has 0 aromatic rings. The first-order chi connectivity index (χ1) is 17.0. The van der Waals surface area contributed by atoms with E-state index in [1.165, 1.54) is 57.8 Å². The molecule has 4 aliphatic carbocycles. The van der Waals surface area contributed by atoms with Gasteiger partial charge in [-0.25, -0.2) is 0 Å². The summed E-state index contributed by atoms with van der Waals surface area (Å²) >= 11 is 0. The van der Waals surface area contributed by atoms with Crippen LogP contribution in [0, 0.1) is 52.3 Å². The lowest BCUT2D eigenvalue weighted by atomic mass is 9.47. The van der Waals surface area contributed by atoms with E-state index in [4.69, 9.17) is 4.74 Å². The van der Waals surface area contributed by atoms with E-state index in [9.17, 15) is 4.79 Å². The molecule has 36 heavy (non-hydrogen) atoms. The van der Waals surface area contributed by atoms with Gasteiger partial charge in [0.15, 0.2) is 0 Å². The van der Waals surface area contributed by atoms with Crippen LogP contribution in [-0.4, -0.2) is 12.1 Å². The Morgan fingerprint density at radius 3 is 2.36 bits per heavy atom. The zero-order valence-electron chi connectivity index (χ0n) is 24.9. The third kappa shape index (κ3) is 5.78. The summed E-state index contributed by atoms with van der Waals surface area (Å²) < 4.78 is 6.00. The molecule has 2 heteroatoms. The maximum absolute atomic E-state index is 12.5. The fraction of sp³-hybridized carbons (Fsp3) is 0.912. The highest BCUT2D eigenvalue weighted by molar-refractivity contribution is 5.69. The first kappa shape index (κ1) is 28.2. The van der Waals surface area contributed by atoms with Crippen LogP contribution in [0.25, 0.3) is 0 Å². The Hall–Kier alpha value is -0.790. The van der Waals surface area contributed by atoms with Gasteiger partial charge in [0.05, 0.1) is 0 Å². The lowest BCUT2D eigenvalue weighted by Crippen LogP contribution is -2.51. The molecule has 3 saturated carbocycles. The van der Waals surface area contributed by atoms with Gasteiger partial charge in [0.25, 0.3) is 0 Å². The largest absolute Gasteiger partial charge is 0.462 e. The second-order valence-corrected chi connectivity index (χ2v) is 14.9. The Morgan fingerprint density at radius 2 is 1.64 bits per heavy atom. The number of allylic oxidation sites excluding steroid dienone is 1. The number of esters is 1. The second kappa shape index (κ2) is 11.5. The van der Waals surface area contributed by atoms with Crippen LogP contribution in [-0.2, 0) is 9.53 Å². The average molecular weight is 499 g/mol. The van der Waals surface area contributed by atoms with Crippen molar-refractivity contribution in [2.45, 2.75) is 144 Å². The fourth-order valence-electron chi connectivity index (χ4n) is 9.65. The first-order valence-electron chi connectivity index (χ1n) is 15.9. The molecule has 0 amide bonds. The highest BCUT2D eigenvalue weighted by Gasteiger charge is 2.59. The van der Waals surface area contributed by atoms with Crippen LogP contribution in [0.2, 0.25) is 0 Å². The lowest BCUT2D eigenvalue weighted by molar-refractivity contribution is -0.151. The summed E-state index contributed by atoms with van der Waals surface area (Å²) in [5.41, 5.74) is 2.53. The molecule has 0 heterocycles. The number of carbonyl (C=O) groups is 1. The maximum Gasteiger partial charge on any atom is 0.306 e. The molecule has 4 rings (SSSR count). The topological polar surface area (TPSA) is 26.3 Å².